The molecule has 0 bridgehead atoms. The maximum Gasteiger partial charge on any atom is 0.295 e. The van der Waals surface area contributed by atoms with Crippen LogP contribution in [0.4, 0.5) is 5.69 Å². The number of rotatable bonds is 4. The quantitative estimate of drug-likeness (QED) is 0.521. The summed E-state index contributed by atoms with van der Waals surface area (Å²) in [6.07, 6.45) is 0. The van der Waals surface area contributed by atoms with Crippen molar-refractivity contribution >= 4 is 29.0 Å². The van der Waals surface area contributed by atoms with Crippen LogP contribution in [-0.4, -0.2) is 47.8 Å². The number of Topliss-reactive ketones (excluding diaryl/α,β-unsaturated/α-hetero) is 1. The summed E-state index contributed by atoms with van der Waals surface area (Å²) in [5.74, 6) is -0.908. The lowest BCUT2D eigenvalue weighted by Crippen LogP contribution is -2.50. The number of amides is 1. The summed E-state index contributed by atoms with van der Waals surface area (Å²) in [7, 11) is 0. The van der Waals surface area contributed by atoms with E-state index in [1.165, 1.54) is 0 Å². The van der Waals surface area contributed by atoms with E-state index in [1.807, 2.05) is 61.5 Å². The van der Waals surface area contributed by atoms with Gasteiger partial charge >= 0.3 is 0 Å². The van der Waals surface area contributed by atoms with Crippen molar-refractivity contribution in [3.8, 4) is 11.3 Å². The fourth-order valence-electron chi connectivity index (χ4n) is 3.67. The van der Waals surface area contributed by atoms with Gasteiger partial charge in [-0.1, -0.05) is 48.0 Å². The van der Waals surface area contributed by atoms with Crippen molar-refractivity contribution in [2.45, 2.75) is 6.92 Å². The highest BCUT2D eigenvalue weighted by Gasteiger charge is 2.28. The number of ketones is 1. The second-order valence-corrected chi connectivity index (χ2v) is 7.61. The Bertz CT molecular complexity index is 1040. The first-order valence-electron chi connectivity index (χ1n) is 9.62. The van der Waals surface area contributed by atoms with Crippen LogP contribution in [0.15, 0.2) is 60.7 Å². The van der Waals surface area contributed by atoms with Crippen LogP contribution in [0.25, 0.3) is 11.3 Å². The van der Waals surface area contributed by atoms with Crippen LogP contribution in [0.3, 0.4) is 0 Å². The minimum Gasteiger partial charge on any atom is -0.368 e. The molecule has 1 saturated heterocycles. The lowest BCUT2D eigenvalue weighted by molar-refractivity contribution is -0.126. The number of piperazine rings is 1. The number of H-pyrrole nitrogens is 1. The van der Waals surface area contributed by atoms with E-state index in [1.54, 1.807) is 11.0 Å². The van der Waals surface area contributed by atoms with Gasteiger partial charge in [-0.05, 0) is 36.8 Å². The van der Waals surface area contributed by atoms with Crippen LogP contribution < -0.4 is 4.90 Å². The lowest BCUT2D eigenvalue weighted by atomic mass is 10.1. The third kappa shape index (κ3) is 4.05. The third-order valence-electron chi connectivity index (χ3n) is 5.28. The predicted molar refractivity (Wildman–Crippen MR) is 116 cm³/mol. The number of nitrogens with zero attached hydrogens (tertiary/aromatic N) is 2. The van der Waals surface area contributed by atoms with E-state index in [0.717, 1.165) is 16.9 Å². The molecule has 0 saturated carbocycles. The zero-order chi connectivity index (χ0) is 20.4. The summed E-state index contributed by atoms with van der Waals surface area (Å²) in [5, 5.41) is 0.688. The molecule has 2 aromatic carbocycles. The molecule has 0 radical (unpaired) electrons. The molecule has 2 heterocycles. The molecule has 1 aromatic heterocycles. The molecule has 1 amide bonds. The molecule has 0 atom stereocenters. The van der Waals surface area contributed by atoms with E-state index in [4.69, 9.17) is 11.6 Å². The van der Waals surface area contributed by atoms with Gasteiger partial charge in [-0.15, -0.1) is 0 Å². The van der Waals surface area contributed by atoms with E-state index in [-0.39, 0.29) is 0 Å². The minimum absolute atomic E-state index is 0.436. The molecule has 1 fully saturated rings. The molecule has 1 aliphatic rings. The fourth-order valence-corrected chi connectivity index (χ4v) is 3.85. The van der Waals surface area contributed by atoms with E-state index >= 15 is 0 Å². The number of halogens is 1. The largest absolute Gasteiger partial charge is 0.368 e. The van der Waals surface area contributed by atoms with Crippen molar-refractivity contribution in [1.82, 2.24) is 9.88 Å². The summed E-state index contributed by atoms with van der Waals surface area (Å²) in [4.78, 5) is 32.7. The SMILES string of the molecule is Cc1[nH]c(-c2ccccc2)cc1C(=O)C(=O)N1CCN(c2cccc(Cl)c2)CC1. The monoisotopic (exact) mass is 407 g/mol. The van der Waals surface area contributed by atoms with Crippen molar-refractivity contribution < 1.29 is 9.59 Å². The number of benzene rings is 2. The van der Waals surface area contributed by atoms with Crippen molar-refractivity contribution in [1.29, 1.82) is 0 Å². The van der Waals surface area contributed by atoms with Gasteiger partial charge in [-0.25, -0.2) is 0 Å². The number of hydrogen-bond donors (Lipinski definition) is 1. The first kappa shape index (κ1) is 19.3. The molecule has 1 N–H and O–H groups in total. The molecular weight excluding hydrogens is 386 g/mol. The van der Waals surface area contributed by atoms with Gasteiger partial charge in [-0.3, -0.25) is 9.59 Å². The predicted octanol–water partition coefficient (Wildman–Crippen LogP) is 4.18. The number of nitrogens with one attached hydrogen (secondary N) is 1. The van der Waals surface area contributed by atoms with Gasteiger partial charge in [0.2, 0.25) is 0 Å². The van der Waals surface area contributed by atoms with Gasteiger partial charge in [0.25, 0.3) is 11.7 Å². The van der Waals surface area contributed by atoms with E-state index in [9.17, 15) is 9.59 Å². The van der Waals surface area contributed by atoms with E-state index < -0.39 is 11.7 Å². The smallest absolute Gasteiger partial charge is 0.295 e. The number of anilines is 1. The third-order valence-corrected chi connectivity index (χ3v) is 5.51. The van der Waals surface area contributed by atoms with Crippen molar-refractivity contribution in [2.24, 2.45) is 0 Å². The molecule has 5 nitrogen and oxygen atoms in total. The fraction of sp³-hybridized carbons (Fsp3) is 0.217. The molecule has 3 aromatic rings. The molecular formula is C23H22ClN3O2. The topological polar surface area (TPSA) is 56.4 Å². The van der Waals surface area contributed by atoms with Gasteiger partial charge in [-0.2, -0.15) is 0 Å². The molecule has 4 rings (SSSR count). The molecule has 148 valence electrons. The lowest BCUT2D eigenvalue weighted by Gasteiger charge is -2.35. The molecule has 0 unspecified atom stereocenters. The van der Waals surface area contributed by atoms with Crippen LogP contribution in [0.5, 0.6) is 0 Å². The standard InChI is InChI=1S/C23H22ClN3O2/c1-16-20(15-21(25-16)17-6-3-2-4-7-17)22(28)23(29)27-12-10-26(11-13-27)19-9-5-8-18(24)14-19/h2-9,14-15,25H,10-13H2,1H3. The highest BCUT2D eigenvalue weighted by atomic mass is 35.5. The zero-order valence-electron chi connectivity index (χ0n) is 16.2. The average Bonchev–Trinajstić information content (AvgIpc) is 3.15. The number of aryl methyl sites for hydroxylation is 1. The van der Waals surface area contributed by atoms with Gasteiger partial charge in [0, 0.05) is 53.8 Å². The number of hydrogen-bond acceptors (Lipinski definition) is 3. The summed E-state index contributed by atoms with van der Waals surface area (Å²) in [6, 6.07) is 19.2. The number of carbonyl (C=O) groups excluding carboxylic acids is 2. The Morgan fingerprint density at radius 3 is 2.34 bits per heavy atom. The molecule has 6 heteroatoms. The van der Waals surface area contributed by atoms with Crippen LogP contribution in [0.2, 0.25) is 5.02 Å². The Morgan fingerprint density at radius 2 is 1.66 bits per heavy atom. The Balaban J connectivity index is 1.44. The number of aromatic nitrogens is 1. The van der Waals surface area contributed by atoms with Gasteiger partial charge in [0.05, 0.1) is 0 Å². The first-order valence-corrected chi connectivity index (χ1v) is 10.00. The maximum absolute atomic E-state index is 12.9. The average molecular weight is 408 g/mol. The Labute approximate surface area is 174 Å². The molecule has 0 aliphatic carbocycles. The number of carbonyl (C=O) groups is 2. The molecule has 1 aliphatic heterocycles. The van der Waals surface area contributed by atoms with Crippen LogP contribution in [0, 0.1) is 6.92 Å². The minimum atomic E-state index is -0.461. The van der Waals surface area contributed by atoms with E-state index in [2.05, 4.69) is 9.88 Å². The van der Waals surface area contributed by atoms with Gasteiger partial charge < -0.3 is 14.8 Å². The normalized spacial score (nSPS) is 14.1. The van der Waals surface area contributed by atoms with Crippen molar-refractivity contribution in [3.05, 3.63) is 76.9 Å². The number of aromatic amines is 1. The Morgan fingerprint density at radius 1 is 0.931 bits per heavy atom. The Kier molecular flexibility index (Phi) is 5.41. The zero-order valence-corrected chi connectivity index (χ0v) is 16.9. The van der Waals surface area contributed by atoms with Crippen LogP contribution in [-0.2, 0) is 4.79 Å². The van der Waals surface area contributed by atoms with Crippen molar-refractivity contribution in [3.63, 3.8) is 0 Å². The summed E-state index contributed by atoms with van der Waals surface area (Å²) < 4.78 is 0. The maximum atomic E-state index is 12.9. The van der Waals surface area contributed by atoms with Gasteiger partial charge in [0.1, 0.15) is 0 Å². The Hall–Kier alpha value is -3.05. The second-order valence-electron chi connectivity index (χ2n) is 7.18. The van der Waals surface area contributed by atoms with Gasteiger partial charge in [0.15, 0.2) is 0 Å². The summed E-state index contributed by atoms with van der Waals surface area (Å²) >= 11 is 6.07. The first-order chi connectivity index (χ1) is 14.0. The summed E-state index contributed by atoms with van der Waals surface area (Å²) in [5.41, 5.74) is 4.00. The highest BCUT2D eigenvalue weighted by Crippen LogP contribution is 2.23. The highest BCUT2D eigenvalue weighted by molar-refractivity contribution is 6.43. The second kappa shape index (κ2) is 8.13. The van der Waals surface area contributed by atoms with E-state index in [0.29, 0.717) is 42.5 Å². The van der Waals surface area contributed by atoms with Crippen LogP contribution in [0.1, 0.15) is 16.1 Å². The molecule has 0 spiro atoms. The molecule has 29 heavy (non-hydrogen) atoms. The van der Waals surface area contributed by atoms with Crippen molar-refractivity contribution in [2.75, 3.05) is 31.1 Å². The van der Waals surface area contributed by atoms with Crippen LogP contribution >= 0.6 is 11.6 Å². The summed E-state index contributed by atoms with van der Waals surface area (Å²) in [6.45, 7) is 4.17.